The largest absolute Gasteiger partial charge is 0.391 e. The molecular formula is C7H11NO3. The number of carbonyl (C=O) groups excluding carboxylic acids is 2. The Morgan fingerprint density at radius 3 is 2.09 bits per heavy atom. The van der Waals surface area contributed by atoms with E-state index in [1.165, 1.54) is 0 Å². The molecule has 0 aromatic carbocycles. The summed E-state index contributed by atoms with van der Waals surface area (Å²) in [6, 6.07) is 0.215. The predicted molar refractivity (Wildman–Crippen MR) is 37.8 cm³/mol. The van der Waals surface area contributed by atoms with E-state index >= 15 is 0 Å². The standard InChI is InChI=1S/C7H11NO3/c1-5(2)8-3-6(9)11-7(10)4-8/h5H,3-4H2,1-2H3. The Labute approximate surface area is 65.1 Å². The third-order valence-electron chi connectivity index (χ3n) is 1.62. The Morgan fingerprint density at radius 1 is 1.27 bits per heavy atom. The van der Waals surface area contributed by atoms with Crippen LogP contribution in [0.2, 0.25) is 0 Å². The van der Waals surface area contributed by atoms with Crippen molar-refractivity contribution in [3.8, 4) is 0 Å². The van der Waals surface area contributed by atoms with Crippen molar-refractivity contribution in [2.24, 2.45) is 0 Å². The molecule has 0 radical (unpaired) electrons. The number of esters is 2. The summed E-state index contributed by atoms with van der Waals surface area (Å²) in [4.78, 5) is 23.2. The smallest absolute Gasteiger partial charge is 0.327 e. The van der Waals surface area contributed by atoms with Crippen LogP contribution in [0.4, 0.5) is 0 Å². The van der Waals surface area contributed by atoms with Gasteiger partial charge in [0.25, 0.3) is 0 Å². The third kappa shape index (κ3) is 2.01. The average molecular weight is 157 g/mol. The Bertz CT molecular complexity index is 172. The first-order valence-electron chi connectivity index (χ1n) is 3.57. The van der Waals surface area contributed by atoms with Gasteiger partial charge in [-0.2, -0.15) is 0 Å². The number of nitrogens with zero attached hydrogens (tertiary/aromatic N) is 1. The van der Waals surface area contributed by atoms with Crippen LogP contribution in [0.25, 0.3) is 0 Å². The van der Waals surface area contributed by atoms with Crippen molar-refractivity contribution in [1.29, 1.82) is 0 Å². The lowest BCUT2D eigenvalue weighted by Gasteiger charge is -2.27. The number of cyclic esters (lactones) is 2. The molecule has 0 unspecified atom stereocenters. The van der Waals surface area contributed by atoms with Crippen LogP contribution in [-0.4, -0.2) is 36.0 Å². The first-order chi connectivity index (χ1) is 5.09. The minimum Gasteiger partial charge on any atom is -0.391 e. The van der Waals surface area contributed by atoms with Gasteiger partial charge in [-0.25, -0.2) is 0 Å². The van der Waals surface area contributed by atoms with Crippen molar-refractivity contribution in [3.63, 3.8) is 0 Å². The van der Waals surface area contributed by atoms with Crippen LogP contribution in [-0.2, 0) is 14.3 Å². The molecule has 1 aliphatic heterocycles. The summed E-state index contributed by atoms with van der Waals surface area (Å²) in [6.45, 7) is 4.32. The van der Waals surface area contributed by atoms with Crippen molar-refractivity contribution in [1.82, 2.24) is 4.90 Å². The molecule has 4 nitrogen and oxygen atoms in total. The lowest BCUT2D eigenvalue weighted by atomic mass is 10.3. The lowest BCUT2D eigenvalue weighted by Crippen LogP contribution is -2.46. The molecule has 0 atom stereocenters. The van der Waals surface area contributed by atoms with Gasteiger partial charge in [-0.05, 0) is 13.8 Å². The monoisotopic (exact) mass is 157 g/mol. The third-order valence-corrected chi connectivity index (χ3v) is 1.62. The Morgan fingerprint density at radius 2 is 1.73 bits per heavy atom. The van der Waals surface area contributed by atoms with Crippen LogP contribution < -0.4 is 0 Å². The van der Waals surface area contributed by atoms with E-state index in [1.807, 2.05) is 13.8 Å². The minimum absolute atomic E-state index is 0.215. The highest BCUT2D eigenvalue weighted by molar-refractivity contribution is 5.90. The molecule has 0 aliphatic carbocycles. The number of carbonyl (C=O) groups is 2. The normalized spacial score (nSPS) is 20.6. The lowest BCUT2D eigenvalue weighted by molar-refractivity contribution is -0.167. The van der Waals surface area contributed by atoms with Crippen LogP contribution in [0.1, 0.15) is 13.8 Å². The van der Waals surface area contributed by atoms with Crippen molar-refractivity contribution < 1.29 is 14.3 Å². The van der Waals surface area contributed by atoms with Gasteiger partial charge in [0.05, 0.1) is 13.1 Å². The fourth-order valence-electron chi connectivity index (χ4n) is 0.944. The minimum atomic E-state index is -0.449. The van der Waals surface area contributed by atoms with Crippen molar-refractivity contribution in [2.75, 3.05) is 13.1 Å². The quantitative estimate of drug-likeness (QED) is 0.390. The fraction of sp³-hybridized carbons (Fsp3) is 0.714. The predicted octanol–water partition coefficient (Wildman–Crippen LogP) is -0.220. The molecule has 0 N–H and O–H groups in total. The number of hydrogen-bond acceptors (Lipinski definition) is 4. The first-order valence-corrected chi connectivity index (χ1v) is 3.57. The zero-order valence-electron chi connectivity index (χ0n) is 6.66. The van der Waals surface area contributed by atoms with Gasteiger partial charge in [0.15, 0.2) is 0 Å². The fourth-order valence-corrected chi connectivity index (χ4v) is 0.944. The van der Waals surface area contributed by atoms with E-state index < -0.39 is 11.9 Å². The van der Waals surface area contributed by atoms with Crippen LogP contribution in [0.15, 0.2) is 0 Å². The Hall–Kier alpha value is -0.900. The maximum absolute atomic E-state index is 10.7. The highest BCUT2D eigenvalue weighted by atomic mass is 16.6. The van der Waals surface area contributed by atoms with Gasteiger partial charge in [-0.15, -0.1) is 0 Å². The highest BCUT2D eigenvalue weighted by Gasteiger charge is 2.25. The highest BCUT2D eigenvalue weighted by Crippen LogP contribution is 2.03. The van der Waals surface area contributed by atoms with E-state index in [2.05, 4.69) is 4.74 Å². The van der Waals surface area contributed by atoms with Gasteiger partial charge < -0.3 is 4.74 Å². The average Bonchev–Trinajstić information content (AvgIpc) is 1.85. The van der Waals surface area contributed by atoms with Crippen LogP contribution in [0.5, 0.6) is 0 Å². The van der Waals surface area contributed by atoms with E-state index in [-0.39, 0.29) is 19.1 Å². The van der Waals surface area contributed by atoms with E-state index in [4.69, 9.17) is 0 Å². The SMILES string of the molecule is CC(C)N1CC(=O)OC(=O)C1. The molecule has 1 saturated heterocycles. The van der Waals surface area contributed by atoms with Crippen molar-refractivity contribution >= 4 is 11.9 Å². The molecule has 1 aliphatic rings. The number of morpholine rings is 1. The second-order valence-corrected chi connectivity index (χ2v) is 2.84. The van der Waals surface area contributed by atoms with E-state index in [1.54, 1.807) is 4.90 Å². The van der Waals surface area contributed by atoms with E-state index in [0.717, 1.165) is 0 Å². The summed E-state index contributed by atoms with van der Waals surface area (Å²) < 4.78 is 4.35. The number of hydrogen-bond donors (Lipinski definition) is 0. The summed E-state index contributed by atoms with van der Waals surface area (Å²) in [5, 5.41) is 0. The van der Waals surface area contributed by atoms with Crippen molar-refractivity contribution in [3.05, 3.63) is 0 Å². The summed E-state index contributed by atoms with van der Waals surface area (Å²) in [5.41, 5.74) is 0. The maximum atomic E-state index is 10.7. The molecule has 4 heteroatoms. The van der Waals surface area contributed by atoms with Crippen LogP contribution >= 0.6 is 0 Å². The van der Waals surface area contributed by atoms with E-state index in [9.17, 15) is 9.59 Å². The first kappa shape index (κ1) is 8.20. The summed E-state index contributed by atoms with van der Waals surface area (Å²) >= 11 is 0. The van der Waals surface area contributed by atoms with Gasteiger partial charge in [0.2, 0.25) is 0 Å². The molecule has 0 aromatic heterocycles. The van der Waals surface area contributed by atoms with Gasteiger partial charge in [-0.1, -0.05) is 0 Å². The molecule has 0 aromatic rings. The van der Waals surface area contributed by atoms with Gasteiger partial charge in [-0.3, -0.25) is 14.5 Å². The summed E-state index contributed by atoms with van der Waals surface area (Å²) in [6.07, 6.45) is 0. The van der Waals surface area contributed by atoms with E-state index in [0.29, 0.717) is 0 Å². The maximum Gasteiger partial charge on any atom is 0.327 e. The second-order valence-electron chi connectivity index (χ2n) is 2.84. The molecule has 0 saturated carbocycles. The topological polar surface area (TPSA) is 46.6 Å². The zero-order chi connectivity index (χ0) is 8.43. The Balaban J connectivity index is 2.56. The van der Waals surface area contributed by atoms with Crippen LogP contribution in [0, 0.1) is 0 Å². The Kier molecular flexibility index (Phi) is 2.24. The summed E-state index contributed by atoms with van der Waals surface area (Å²) in [7, 11) is 0. The second kappa shape index (κ2) is 3.00. The molecule has 1 fully saturated rings. The van der Waals surface area contributed by atoms with Crippen molar-refractivity contribution in [2.45, 2.75) is 19.9 Å². The number of ether oxygens (including phenoxy) is 1. The molecule has 0 spiro atoms. The van der Waals surface area contributed by atoms with Gasteiger partial charge in [0, 0.05) is 6.04 Å². The van der Waals surface area contributed by atoms with Gasteiger partial charge in [0.1, 0.15) is 0 Å². The molecule has 0 amide bonds. The van der Waals surface area contributed by atoms with Gasteiger partial charge >= 0.3 is 11.9 Å². The van der Waals surface area contributed by atoms with Crippen LogP contribution in [0.3, 0.4) is 0 Å². The molecule has 62 valence electrons. The molecule has 1 heterocycles. The molecule has 0 bridgehead atoms. The molecule has 1 rings (SSSR count). The zero-order valence-corrected chi connectivity index (χ0v) is 6.66. The summed E-state index contributed by atoms with van der Waals surface area (Å²) in [5.74, 6) is -0.898. The molecule has 11 heavy (non-hydrogen) atoms. The molecular weight excluding hydrogens is 146 g/mol. The number of rotatable bonds is 1.